The minimum atomic E-state index is -3.08. The van der Waals surface area contributed by atoms with Gasteiger partial charge in [-0.05, 0) is 6.92 Å². The highest BCUT2D eigenvalue weighted by Crippen LogP contribution is 2.43. The summed E-state index contributed by atoms with van der Waals surface area (Å²) in [5.41, 5.74) is -0.429. The molecule has 2 saturated heterocycles. The Labute approximate surface area is 82.9 Å². The van der Waals surface area contributed by atoms with Gasteiger partial charge in [0.25, 0.3) is 0 Å². The lowest BCUT2D eigenvalue weighted by Crippen LogP contribution is -2.37. The van der Waals surface area contributed by atoms with Crippen molar-refractivity contribution in [1.29, 1.82) is 0 Å². The van der Waals surface area contributed by atoms with E-state index in [0.29, 0.717) is 18.4 Å². The molecule has 0 bridgehead atoms. The molecule has 2 heterocycles. The molecule has 78 valence electrons. The van der Waals surface area contributed by atoms with Crippen molar-refractivity contribution in [2.75, 3.05) is 5.75 Å². The van der Waals surface area contributed by atoms with E-state index in [-0.39, 0.29) is 5.75 Å². The van der Waals surface area contributed by atoms with Gasteiger partial charge in [-0.1, -0.05) is 6.58 Å². The fourth-order valence-corrected chi connectivity index (χ4v) is 4.00. The maximum atomic E-state index is 11.5. The maximum Gasteiger partial charge on any atom is 0.334 e. The van der Waals surface area contributed by atoms with Crippen LogP contribution in [0.4, 0.5) is 0 Å². The average Bonchev–Trinajstić information content (AvgIpc) is 2.49. The molecular formula is C9H12O4S. The van der Waals surface area contributed by atoms with Crippen LogP contribution in [0.2, 0.25) is 0 Å². The Balaban J connectivity index is 2.38. The van der Waals surface area contributed by atoms with E-state index < -0.39 is 26.7 Å². The van der Waals surface area contributed by atoms with Gasteiger partial charge in [-0.3, -0.25) is 0 Å². The summed E-state index contributed by atoms with van der Waals surface area (Å²) in [5, 5.41) is -0.599. The molecule has 0 saturated carbocycles. The molecule has 0 amide bonds. The number of hydrogen-bond donors (Lipinski definition) is 0. The first-order valence-electron chi connectivity index (χ1n) is 4.50. The van der Waals surface area contributed by atoms with E-state index in [1.54, 1.807) is 6.92 Å². The third-order valence-corrected chi connectivity index (χ3v) is 5.47. The third kappa shape index (κ3) is 1.11. The van der Waals surface area contributed by atoms with Crippen molar-refractivity contribution in [2.45, 2.75) is 30.6 Å². The van der Waals surface area contributed by atoms with Gasteiger partial charge in [-0.25, -0.2) is 13.2 Å². The van der Waals surface area contributed by atoms with E-state index >= 15 is 0 Å². The van der Waals surface area contributed by atoms with Gasteiger partial charge >= 0.3 is 5.97 Å². The maximum absolute atomic E-state index is 11.5. The molecule has 2 rings (SSSR count). The summed E-state index contributed by atoms with van der Waals surface area (Å²) in [6.07, 6.45) is 0.757. The molecule has 14 heavy (non-hydrogen) atoms. The normalized spacial score (nSPS) is 40.5. The summed E-state index contributed by atoms with van der Waals surface area (Å²) in [6.45, 7) is 5.17. The van der Waals surface area contributed by atoms with Crippen LogP contribution in [0.15, 0.2) is 12.2 Å². The molecule has 0 aromatic carbocycles. The highest BCUT2D eigenvalue weighted by Gasteiger charge is 2.56. The molecule has 0 aliphatic carbocycles. The second-order valence-electron chi connectivity index (χ2n) is 3.99. The molecule has 0 aromatic heterocycles. The lowest BCUT2D eigenvalue weighted by atomic mass is 9.92. The second kappa shape index (κ2) is 2.59. The number of rotatable bonds is 0. The fraction of sp³-hybridized carbons (Fsp3) is 0.667. The van der Waals surface area contributed by atoms with Crippen molar-refractivity contribution in [1.82, 2.24) is 0 Å². The van der Waals surface area contributed by atoms with E-state index in [4.69, 9.17) is 4.74 Å². The van der Waals surface area contributed by atoms with Gasteiger partial charge in [0.1, 0.15) is 5.60 Å². The van der Waals surface area contributed by atoms with Gasteiger partial charge in [0.2, 0.25) is 0 Å². The van der Waals surface area contributed by atoms with Gasteiger partial charge in [0.05, 0.1) is 11.0 Å². The van der Waals surface area contributed by atoms with E-state index in [0.717, 1.165) is 0 Å². The molecule has 2 aliphatic heterocycles. The number of carbonyl (C=O) groups excluding carboxylic acids is 1. The Morgan fingerprint density at radius 2 is 2.21 bits per heavy atom. The molecule has 4 nitrogen and oxygen atoms in total. The molecule has 2 aliphatic rings. The van der Waals surface area contributed by atoms with Crippen LogP contribution in [0.5, 0.6) is 0 Å². The smallest absolute Gasteiger partial charge is 0.334 e. The van der Waals surface area contributed by atoms with Crippen LogP contribution in [-0.2, 0) is 19.4 Å². The van der Waals surface area contributed by atoms with Crippen LogP contribution in [0.25, 0.3) is 0 Å². The highest BCUT2D eigenvalue weighted by atomic mass is 32.2. The molecule has 0 aromatic rings. The molecule has 2 fully saturated rings. The fourth-order valence-electron chi connectivity index (χ4n) is 2.11. The minimum Gasteiger partial charge on any atom is -0.454 e. The van der Waals surface area contributed by atoms with Gasteiger partial charge in [0, 0.05) is 18.4 Å². The Morgan fingerprint density at radius 3 is 2.57 bits per heavy atom. The van der Waals surface area contributed by atoms with Gasteiger partial charge in [0.15, 0.2) is 9.84 Å². The minimum absolute atomic E-state index is 0.106. The zero-order chi connectivity index (χ0) is 10.6. The molecule has 1 spiro atoms. The Morgan fingerprint density at radius 1 is 1.57 bits per heavy atom. The van der Waals surface area contributed by atoms with Crippen molar-refractivity contribution in [3.05, 3.63) is 12.2 Å². The van der Waals surface area contributed by atoms with Crippen molar-refractivity contribution in [2.24, 2.45) is 0 Å². The lowest BCUT2D eigenvalue weighted by molar-refractivity contribution is -0.145. The van der Waals surface area contributed by atoms with Crippen molar-refractivity contribution < 1.29 is 17.9 Å². The molecule has 2 atom stereocenters. The second-order valence-corrected chi connectivity index (χ2v) is 6.43. The van der Waals surface area contributed by atoms with Gasteiger partial charge in [-0.2, -0.15) is 0 Å². The number of sulfone groups is 1. The largest absolute Gasteiger partial charge is 0.454 e. The average molecular weight is 216 g/mol. The Kier molecular flexibility index (Phi) is 1.80. The molecule has 0 N–H and O–H groups in total. The first kappa shape index (κ1) is 9.71. The van der Waals surface area contributed by atoms with E-state index in [9.17, 15) is 13.2 Å². The SMILES string of the molecule is C=C1CC2(CCS(=O)(=O)C2C)OC1=O. The van der Waals surface area contributed by atoms with Crippen LogP contribution in [0, 0.1) is 0 Å². The first-order valence-corrected chi connectivity index (χ1v) is 6.22. The predicted molar refractivity (Wildman–Crippen MR) is 50.4 cm³/mol. The van der Waals surface area contributed by atoms with E-state index in [1.807, 2.05) is 0 Å². The monoisotopic (exact) mass is 216 g/mol. The van der Waals surface area contributed by atoms with Crippen molar-refractivity contribution in [3.63, 3.8) is 0 Å². The summed E-state index contributed by atoms with van der Waals surface area (Å²) in [5.74, 6) is -0.344. The van der Waals surface area contributed by atoms with Crippen LogP contribution < -0.4 is 0 Å². The molecular weight excluding hydrogens is 204 g/mol. The van der Waals surface area contributed by atoms with Crippen LogP contribution in [0.3, 0.4) is 0 Å². The van der Waals surface area contributed by atoms with E-state index in [2.05, 4.69) is 6.58 Å². The topological polar surface area (TPSA) is 60.4 Å². The zero-order valence-corrected chi connectivity index (χ0v) is 8.76. The lowest BCUT2D eigenvalue weighted by Gasteiger charge is -2.24. The van der Waals surface area contributed by atoms with Gasteiger partial charge in [-0.15, -0.1) is 0 Å². The zero-order valence-electron chi connectivity index (χ0n) is 7.95. The van der Waals surface area contributed by atoms with E-state index in [1.165, 1.54) is 0 Å². The number of hydrogen-bond acceptors (Lipinski definition) is 4. The van der Waals surface area contributed by atoms with Crippen molar-refractivity contribution >= 4 is 15.8 Å². The summed E-state index contributed by atoms with van der Waals surface area (Å²) < 4.78 is 28.2. The molecule has 0 radical (unpaired) electrons. The molecule has 5 heteroatoms. The number of esters is 1. The highest BCUT2D eigenvalue weighted by molar-refractivity contribution is 7.92. The summed E-state index contributed by atoms with van der Waals surface area (Å²) >= 11 is 0. The first-order chi connectivity index (χ1) is 6.37. The molecule has 2 unspecified atom stereocenters. The summed E-state index contributed by atoms with van der Waals surface area (Å²) in [6, 6.07) is 0. The number of carbonyl (C=O) groups is 1. The van der Waals surface area contributed by atoms with Crippen LogP contribution in [0.1, 0.15) is 19.8 Å². The van der Waals surface area contributed by atoms with Crippen LogP contribution in [-0.4, -0.2) is 31.0 Å². The standard InChI is InChI=1S/C9H12O4S/c1-6-5-9(13-8(6)10)3-4-14(11,12)7(9)2/h7H,1,3-5H2,2H3. The number of ether oxygens (including phenoxy) is 1. The van der Waals surface area contributed by atoms with Crippen LogP contribution >= 0.6 is 0 Å². The third-order valence-electron chi connectivity index (χ3n) is 3.19. The van der Waals surface area contributed by atoms with Gasteiger partial charge < -0.3 is 4.74 Å². The summed E-state index contributed by atoms with van der Waals surface area (Å²) in [4.78, 5) is 11.2. The Bertz CT molecular complexity index is 391. The quantitative estimate of drug-likeness (QED) is 0.435. The van der Waals surface area contributed by atoms with Crippen molar-refractivity contribution in [3.8, 4) is 0 Å². The Hall–Kier alpha value is -0.840. The summed E-state index contributed by atoms with van der Waals surface area (Å²) in [7, 11) is -3.08. The predicted octanol–water partition coefficient (Wildman–Crippen LogP) is 0.435.